The zero-order valence-corrected chi connectivity index (χ0v) is 18.7. The van der Waals surface area contributed by atoms with Gasteiger partial charge < -0.3 is 19.4 Å². The van der Waals surface area contributed by atoms with Crippen LogP contribution in [0.15, 0.2) is 77.4 Å². The van der Waals surface area contributed by atoms with Crippen LogP contribution in [0.2, 0.25) is 5.02 Å². The van der Waals surface area contributed by atoms with E-state index in [0.717, 1.165) is 0 Å². The molecule has 0 radical (unpaired) electrons. The maximum atomic E-state index is 13.0. The van der Waals surface area contributed by atoms with Gasteiger partial charge in [-0.1, -0.05) is 11.6 Å². The predicted molar refractivity (Wildman–Crippen MR) is 125 cm³/mol. The maximum Gasteiger partial charge on any atom is 0.274 e. The Morgan fingerprint density at radius 1 is 1.12 bits per heavy atom. The Morgan fingerprint density at radius 3 is 2.48 bits per heavy atom. The largest absolute Gasteiger partial charge is 0.497 e. The summed E-state index contributed by atoms with van der Waals surface area (Å²) < 4.78 is 12.2. The van der Waals surface area contributed by atoms with Gasteiger partial charge in [-0.15, -0.1) is 0 Å². The minimum absolute atomic E-state index is 0.144. The van der Waals surface area contributed by atoms with Crippen molar-refractivity contribution in [2.24, 2.45) is 0 Å². The summed E-state index contributed by atoms with van der Waals surface area (Å²) in [5.74, 6) is 0.500. The Kier molecular flexibility index (Phi) is 6.46. The summed E-state index contributed by atoms with van der Waals surface area (Å²) in [6.45, 7) is -0.144. The van der Waals surface area contributed by atoms with E-state index >= 15 is 0 Å². The van der Waals surface area contributed by atoms with Gasteiger partial charge in [-0.05, 0) is 60.7 Å². The van der Waals surface area contributed by atoms with E-state index in [1.54, 1.807) is 91.8 Å². The number of aromatic nitrogens is 2. The molecule has 8 nitrogen and oxygen atoms in total. The van der Waals surface area contributed by atoms with Crippen molar-refractivity contribution in [3.8, 4) is 22.9 Å². The monoisotopic (exact) mass is 464 g/mol. The topological polar surface area (TPSA) is 89.6 Å². The van der Waals surface area contributed by atoms with Gasteiger partial charge in [-0.2, -0.15) is 5.10 Å². The van der Waals surface area contributed by atoms with Gasteiger partial charge in [0.15, 0.2) is 11.5 Å². The summed E-state index contributed by atoms with van der Waals surface area (Å²) in [6.07, 6.45) is 1.55. The first kappa shape index (κ1) is 22.2. The van der Waals surface area contributed by atoms with Gasteiger partial charge in [-0.25, -0.2) is 4.68 Å². The molecule has 0 atom stereocenters. The van der Waals surface area contributed by atoms with Crippen LogP contribution in [0, 0.1) is 0 Å². The van der Waals surface area contributed by atoms with E-state index < -0.39 is 5.91 Å². The summed E-state index contributed by atoms with van der Waals surface area (Å²) in [6, 6.07) is 19.2. The van der Waals surface area contributed by atoms with E-state index in [4.69, 9.17) is 20.8 Å². The molecule has 0 aliphatic heterocycles. The van der Waals surface area contributed by atoms with E-state index in [1.807, 2.05) is 0 Å². The van der Waals surface area contributed by atoms with Crippen LogP contribution in [0.25, 0.3) is 17.1 Å². The highest BCUT2D eigenvalue weighted by Gasteiger charge is 2.22. The number of furan rings is 1. The highest BCUT2D eigenvalue weighted by molar-refractivity contribution is 6.30. The second-order valence-electron chi connectivity index (χ2n) is 7.22. The number of benzene rings is 2. The number of hydrogen-bond acceptors (Lipinski definition) is 5. The fraction of sp³-hybridized carbons (Fsp3) is 0.125. The van der Waals surface area contributed by atoms with Gasteiger partial charge in [0.25, 0.3) is 5.91 Å². The highest BCUT2D eigenvalue weighted by Crippen LogP contribution is 2.26. The molecule has 168 valence electrons. The molecule has 0 aliphatic carbocycles. The maximum absolute atomic E-state index is 13.0. The van der Waals surface area contributed by atoms with Crippen LogP contribution in [0.3, 0.4) is 0 Å². The summed E-state index contributed by atoms with van der Waals surface area (Å²) in [7, 11) is 3.11. The fourth-order valence-corrected chi connectivity index (χ4v) is 3.35. The van der Waals surface area contributed by atoms with Gasteiger partial charge in [0, 0.05) is 23.8 Å². The summed E-state index contributed by atoms with van der Waals surface area (Å²) >= 11 is 6.00. The van der Waals surface area contributed by atoms with Gasteiger partial charge in [0.2, 0.25) is 5.91 Å². The quantitative estimate of drug-likeness (QED) is 0.435. The normalized spacial score (nSPS) is 10.6. The second kappa shape index (κ2) is 9.62. The Hall–Kier alpha value is -4.04. The van der Waals surface area contributed by atoms with Crippen molar-refractivity contribution in [1.82, 2.24) is 14.7 Å². The van der Waals surface area contributed by atoms with Crippen molar-refractivity contribution in [3.05, 3.63) is 83.7 Å². The molecule has 2 heterocycles. The zero-order valence-electron chi connectivity index (χ0n) is 18.0. The molecule has 4 aromatic rings. The highest BCUT2D eigenvalue weighted by atomic mass is 35.5. The Morgan fingerprint density at radius 2 is 1.85 bits per heavy atom. The predicted octanol–water partition coefficient (Wildman–Crippen LogP) is 4.51. The van der Waals surface area contributed by atoms with Crippen molar-refractivity contribution in [2.75, 3.05) is 26.0 Å². The summed E-state index contributed by atoms with van der Waals surface area (Å²) in [5.41, 5.74) is 2.09. The Balaban J connectivity index is 1.52. The van der Waals surface area contributed by atoms with E-state index in [-0.39, 0.29) is 18.1 Å². The van der Waals surface area contributed by atoms with Gasteiger partial charge in [0.1, 0.15) is 11.4 Å². The average molecular weight is 465 g/mol. The number of carbonyl (C=O) groups is 2. The molecule has 0 unspecified atom stereocenters. The average Bonchev–Trinajstić information content (AvgIpc) is 3.49. The lowest BCUT2D eigenvalue weighted by Gasteiger charge is -2.15. The standard InChI is InChI=1S/C24H21ClN4O4/c1-28(15-23(30)26-17-7-11-19(32-2)12-8-17)24(31)20-14-21(22-4-3-13-33-22)29(27-20)18-9-5-16(25)6-10-18/h3-14H,15H2,1-2H3,(H,26,30). The number of anilines is 1. The fourth-order valence-electron chi connectivity index (χ4n) is 3.22. The molecular weight excluding hydrogens is 444 g/mol. The van der Waals surface area contributed by atoms with Crippen LogP contribution < -0.4 is 10.1 Å². The second-order valence-corrected chi connectivity index (χ2v) is 7.65. The van der Waals surface area contributed by atoms with Crippen molar-refractivity contribution in [1.29, 1.82) is 0 Å². The number of rotatable bonds is 7. The van der Waals surface area contributed by atoms with Crippen LogP contribution >= 0.6 is 11.6 Å². The molecule has 4 rings (SSSR count). The van der Waals surface area contributed by atoms with E-state index in [9.17, 15) is 9.59 Å². The molecule has 0 aliphatic rings. The van der Waals surface area contributed by atoms with Gasteiger partial charge in [0.05, 0.1) is 25.6 Å². The van der Waals surface area contributed by atoms with Crippen molar-refractivity contribution < 1.29 is 18.7 Å². The van der Waals surface area contributed by atoms with E-state index in [0.29, 0.717) is 33.6 Å². The number of nitrogens with zero attached hydrogens (tertiary/aromatic N) is 3. The third kappa shape index (κ3) is 5.07. The number of amides is 2. The number of hydrogen-bond donors (Lipinski definition) is 1. The van der Waals surface area contributed by atoms with Crippen LogP contribution in [0.1, 0.15) is 10.5 Å². The molecule has 0 fully saturated rings. The Bertz CT molecular complexity index is 1250. The first-order valence-electron chi connectivity index (χ1n) is 10.0. The van der Waals surface area contributed by atoms with Crippen LogP contribution in [0.5, 0.6) is 5.75 Å². The summed E-state index contributed by atoms with van der Waals surface area (Å²) in [5, 5.41) is 7.82. The first-order valence-corrected chi connectivity index (χ1v) is 10.4. The number of likely N-dealkylation sites (N-methyl/N-ethyl adjacent to an activating group) is 1. The SMILES string of the molecule is COc1ccc(NC(=O)CN(C)C(=O)c2cc(-c3ccco3)n(-c3ccc(Cl)cc3)n2)cc1. The van der Waals surface area contributed by atoms with Gasteiger partial charge in [-0.3, -0.25) is 9.59 Å². The van der Waals surface area contributed by atoms with Crippen molar-refractivity contribution in [3.63, 3.8) is 0 Å². The molecule has 0 spiro atoms. The third-order valence-corrected chi connectivity index (χ3v) is 5.13. The molecule has 9 heteroatoms. The lowest BCUT2D eigenvalue weighted by molar-refractivity contribution is -0.116. The molecular formula is C24H21ClN4O4. The number of ether oxygens (including phenoxy) is 1. The minimum Gasteiger partial charge on any atom is -0.497 e. The zero-order chi connectivity index (χ0) is 23.4. The van der Waals surface area contributed by atoms with Crippen LogP contribution in [-0.4, -0.2) is 47.2 Å². The number of nitrogens with one attached hydrogen (secondary N) is 1. The molecule has 0 saturated carbocycles. The summed E-state index contributed by atoms with van der Waals surface area (Å²) in [4.78, 5) is 26.8. The third-order valence-electron chi connectivity index (χ3n) is 4.87. The van der Waals surface area contributed by atoms with E-state index in [2.05, 4.69) is 10.4 Å². The smallest absolute Gasteiger partial charge is 0.274 e. The lowest BCUT2D eigenvalue weighted by atomic mass is 10.2. The van der Waals surface area contributed by atoms with Crippen LogP contribution in [-0.2, 0) is 4.79 Å². The molecule has 2 aromatic heterocycles. The van der Waals surface area contributed by atoms with E-state index in [1.165, 1.54) is 4.90 Å². The van der Waals surface area contributed by atoms with Crippen molar-refractivity contribution >= 4 is 29.1 Å². The van der Waals surface area contributed by atoms with Crippen molar-refractivity contribution in [2.45, 2.75) is 0 Å². The van der Waals surface area contributed by atoms with Gasteiger partial charge >= 0.3 is 0 Å². The van der Waals surface area contributed by atoms with Crippen LogP contribution in [0.4, 0.5) is 5.69 Å². The number of halogens is 1. The molecule has 0 saturated heterocycles. The first-order chi connectivity index (χ1) is 15.9. The molecule has 2 aromatic carbocycles. The minimum atomic E-state index is -0.402. The molecule has 0 bridgehead atoms. The molecule has 2 amide bonds. The number of methoxy groups -OCH3 is 1. The Labute approximate surface area is 195 Å². The molecule has 1 N–H and O–H groups in total. The lowest BCUT2D eigenvalue weighted by Crippen LogP contribution is -2.35. The number of carbonyl (C=O) groups excluding carboxylic acids is 2. The molecule has 33 heavy (non-hydrogen) atoms.